The van der Waals surface area contributed by atoms with Crippen molar-refractivity contribution in [2.24, 2.45) is 0 Å². The van der Waals surface area contributed by atoms with E-state index in [1.54, 1.807) is 0 Å². The van der Waals surface area contributed by atoms with Gasteiger partial charge in [0.25, 0.3) is 0 Å². The van der Waals surface area contributed by atoms with Gasteiger partial charge in [0, 0.05) is 53.7 Å². The Bertz CT molecular complexity index is 3710. The van der Waals surface area contributed by atoms with E-state index < -0.39 is 5.41 Å². The fourth-order valence-corrected chi connectivity index (χ4v) is 12.3. The zero-order valence-corrected chi connectivity index (χ0v) is 37.8. The number of hydrogen-bond acceptors (Lipinski definition) is 2. The van der Waals surface area contributed by atoms with Crippen LogP contribution in [-0.4, -0.2) is 4.57 Å². The van der Waals surface area contributed by atoms with E-state index in [0.717, 1.165) is 33.9 Å². The fraction of sp³-hybridized carbons (Fsp3) is 0.0476. The largest absolute Gasteiger partial charge is 0.310 e. The Labute approximate surface area is 390 Å². The van der Waals surface area contributed by atoms with Crippen LogP contribution in [-0.2, 0) is 5.41 Å². The molecule has 3 heteroatoms. The lowest BCUT2D eigenvalue weighted by atomic mass is 9.69. The van der Waals surface area contributed by atoms with E-state index in [0.29, 0.717) is 0 Å². The van der Waals surface area contributed by atoms with Crippen molar-refractivity contribution in [1.29, 1.82) is 0 Å². The van der Waals surface area contributed by atoms with E-state index in [1.807, 2.05) is 17.4 Å². The average molecular weight is 863 g/mol. The summed E-state index contributed by atoms with van der Waals surface area (Å²) >= 11 is 1.87. The SMILES string of the molecule is C=C/C=C(\C=C/C)c1ccc(N(c2ccc3c(c2)C2(C(/C=C\C)=C3C=C)c3ccccc3-c3ccccc32)c2ccc3c(c2)c2ccc4sc5ccccc5c4c2n3-c2ccccc2)cc1. The number of hydrogen-bond donors (Lipinski definition) is 0. The number of allylic oxidation sites excluding steroid dienone is 10. The summed E-state index contributed by atoms with van der Waals surface area (Å²) in [6, 6.07) is 65.4. The van der Waals surface area contributed by atoms with Crippen molar-refractivity contribution < 1.29 is 0 Å². The number of benzene rings is 8. The molecular formula is C63H46N2S. The Morgan fingerprint density at radius 3 is 1.98 bits per heavy atom. The maximum absolute atomic E-state index is 4.43. The van der Waals surface area contributed by atoms with Gasteiger partial charge in [0.2, 0.25) is 0 Å². The van der Waals surface area contributed by atoms with Crippen LogP contribution in [0, 0.1) is 0 Å². The molecule has 66 heavy (non-hydrogen) atoms. The normalized spacial score (nSPS) is 14.1. The molecule has 1 spiro atoms. The smallest absolute Gasteiger partial charge is 0.0726 e. The third-order valence-electron chi connectivity index (χ3n) is 13.8. The number of nitrogens with zero attached hydrogens (tertiary/aromatic N) is 2. The zero-order chi connectivity index (χ0) is 44.5. The molecule has 0 atom stereocenters. The van der Waals surface area contributed by atoms with Crippen LogP contribution < -0.4 is 4.90 Å². The molecule has 0 saturated carbocycles. The lowest BCUT2D eigenvalue weighted by molar-refractivity contribution is 0.786. The number of aromatic nitrogens is 1. The first kappa shape index (κ1) is 39.6. The number of para-hydroxylation sites is 1. The number of rotatable bonds is 9. The number of anilines is 3. The lowest BCUT2D eigenvalue weighted by Gasteiger charge is -2.33. The van der Waals surface area contributed by atoms with Crippen LogP contribution in [0.2, 0.25) is 0 Å². The zero-order valence-electron chi connectivity index (χ0n) is 37.0. The number of fused-ring (bicyclic) bond motifs is 14. The molecule has 0 fully saturated rings. The lowest BCUT2D eigenvalue weighted by Crippen LogP contribution is -2.27. The summed E-state index contributed by atoms with van der Waals surface area (Å²) in [6.07, 6.45) is 14.7. The van der Waals surface area contributed by atoms with Gasteiger partial charge in [-0.1, -0.05) is 165 Å². The molecular weight excluding hydrogens is 817 g/mol. The van der Waals surface area contributed by atoms with Crippen LogP contribution in [0.1, 0.15) is 41.7 Å². The van der Waals surface area contributed by atoms with E-state index in [9.17, 15) is 0 Å². The summed E-state index contributed by atoms with van der Waals surface area (Å²) in [5, 5.41) is 5.03. The van der Waals surface area contributed by atoms with Gasteiger partial charge in [-0.25, -0.2) is 0 Å². The van der Waals surface area contributed by atoms with Gasteiger partial charge < -0.3 is 9.47 Å². The molecule has 8 aromatic carbocycles. The van der Waals surface area contributed by atoms with Crippen LogP contribution in [0.15, 0.2) is 237 Å². The minimum absolute atomic E-state index is 0.525. The highest BCUT2D eigenvalue weighted by Crippen LogP contribution is 2.63. The molecule has 0 aliphatic heterocycles. The molecule has 0 bridgehead atoms. The summed E-state index contributed by atoms with van der Waals surface area (Å²) in [5.41, 5.74) is 18.6. The maximum Gasteiger partial charge on any atom is 0.0726 e. The molecule has 0 saturated heterocycles. The molecule has 10 aromatic rings. The van der Waals surface area contributed by atoms with E-state index in [4.69, 9.17) is 0 Å². The first-order valence-corrected chi connectivity index (χ1v) is 23.5. The van der Waals surface area contributed by atoms with Gasteiger partial charge in [0.1, 0.15) is 0 Å². The summed E-state index contributed by atoms with van der Waals surface area (Å²) < 4.78 is 5.07. The van der Waals surface area contributed by atoms with Gasteiger partial charge in [0.05, 0.1) is 16.4 Å². The topological polar surface area (TPSA) is 8.17 Å². The summed E-state index contributed by atoms with van der Waals surface area (Å²) in [6.45, 7) is 12.6. The van der Waals surface area contributed by atoms with Crippen molar-refractivity contribution in [3.05, 3.63) is 265 Å². The fourth-order valence-electron chi connectivity index (χ4n) is 11.2. The van der Waals surface area contributed by atoms with Gasteiger partial charge in [-0.05, 0) is 136 Å². The van der Waals surface area contributed by atoms with E-state index in [1.165, 1.54) is 86.5 Å². The highest BCUT2D eigenvalue weighted by molar-refractivity contribution is 7.26. The van der Waals surface area contributed by atoms with Crippen LogP contribution in [0.25, 0.3) is 69.9 Å². The maximum atomic E-state index is 4.43. The van der Waals surface area contributed by atoms with E-state index >= 15 is 0 Å². The summed E-state index contributed by atoms with van der Waals surface area (Å²) in [7, 11) is 0. The minimum atomic E-state index is -0.525. The Morgan fingerprint density at radius 2 is 1.26 bits per heavy atom. The van der Waals surface area contributed by atoms with Crippen molar-refractivity contribution in [3.8, 4) is 16.8 Å². The second-order valence-corrected chi connectivity index (χ2v) is 18.2. The second-order valence-electron chi connectivity index (χ2n) is 17.1. The van der Waals surface area contributed by atoms with Crippen molar-refractivity contribution in [2.75, 3.05) is 4.90 Å². The van der Waals surface area contributed by atoms with Gasteiger partial charge in [-0.15, -0.1) is 11.3 Å². The monoisotopic (exact) mass is 862 g/mol. The highest BCUT2D eigenvalue weighted by Gasteiger charge is 2.52. The van der Waals surface area contributed by atoms with Crippen LogP contribution in [0.3, 0.4) is 0 Å². The molecule has 2 aliphatic carbocycles. The van der Waals surface area contributed by atoms with Gasteiger partial charge >= 0.3 is 0 Å². The Morgan fingerprint density at radius 1 is 0.576 bits per heavy atom. The molecule has 2 heterocycles. The average Bonchev–Trinajstić information content (AvgIpc) is 4.08. The van der Waals surface area contributed by atoms with Gasteiger partial charge in [-0.3, -0.25) is 0 Å². The van der Waals surface area contributed by atoms with Crippen molar-refractivity contribution in [2.45, 2.75) is 19.3 Å². The predicted molar refractivity (Wildman–Crippen MR) is 285 cm³/mol. The van der Waals surface area contributed by atoms with Gasteiger partial charge in [-0.2, -0.15) is 0 Å². The second kappa shape index (κ2) is 15.6. The molecule has 2 aliphatic rings. The minimum Gasteiger partial charge on any atom is -0.310 e. The third-order valence-corrected chi connectivity index (χ3v) is 14.9. The van der Waals surface area contributed by atoms with Gasteiger partial charge in [0.15, 0.2) is 0 Å². The van der Waals surface area contributed by atoms with E-state index in [2.05, 4.69) is 249 Å². The Hall–Kier alpha value is -7.98. The Kier molecular flexibility index (Phi) is 9.37. The highest BCUT2D eigenvalue weighted by atomic mass is 32.1. The van der Waals surface area contributed by atoms with Crippen molar-refractivity contribution >= 4 is 81.5 Å². The third kappa shape index (κ3) is 5.66. The molecule has 0 N–H and O–H groups in total. The summed E-state index contributed by atoms with van der Waals surface area (Å²) in [5.74, 6) is 0. The first-order chi connectivity index (χ1) is 32.6. The van der Waals surface area contributed by atoms with Crippen LogP contribution in [0.5, 0.6) is 0 Å². The van der Waals surface area contributed by atoms with Crippen LogP contribution >= 0.6 is 11.3 Å². The molecule has 2 aromatic heterocycles. The van der Waals surface area contributed by atoms with Crippen molar-refractivity contribution in [1.82, 2.24) is 4.57 Å². The predicted octanol–water partition coefficient (Wildman–Crippen LogP) is 17.6. The Balaban J connectivity index is 1.14. The molecule has 0 unspecified atom stereocenters. The molecule has 2 nitrogen and oxygen atoms in total. The number of thiophene rings is 1. The molecule has 314 valence electrons. The van der Waals surface area contributed by atoms with Crippen molar-refractivity contribution in [3.63, 3.8) is 0 Å². The quantitative estimate of drug-likeness (QED) is 0.131. The summed E-state index contributed by atoms with van der Waals surface area (Å²) in [4.78, 5) is 2.45. The van der Waals surface area contributed by atoms with Crippen LogP contribution in [0.4, 0.5) is 17.1 Å². The standard InChI is InChI=1S/C63H46N2S/c1-5-18-41(19-6-2)42-29-31-44(32-30-42)64(46-33-35-50-47(8-4)54(20-7-3)63(57(50)40-46)55-26-15-12-23-48(55)49-24-13-16-27-56(49)63)45-34-37-58-53(39-45)51-36-38-60-61(52-25-14-17-28-59(52)66-60)62(51)65(58)43-21-10-9-11-22-43/h5-40H,1,4H2,2-3H3/b19-6-,20-7-,41-18+. The first-order valence-electron chi connectivity index (χ1n) is 22.7. The molecule has 0 amide bonds. The molecule has 0 radical (unpaired) electrons. The molecule has 12 rings (SSSR count). The van der Waals surface area contributed by atoms with E-state index in [-0.39, 0.29) is 0 Å².